The number of carbonyl (C=O) groups is 2. The molecule has 5 nitrogen and oxygen atoms in total. The Bertz CT molecular complexity index is 596. The van der Waals surface area contributed by atoms with Crippen molar-refractivity contribution in [1.82, 2.24) is 4.90 Å². The lowest BCUT2D eigenvalue weighted by Gasteiger charge is -2.25. The number of benzene rings is 1. The predicted molar refractivity (Wildman–Crippen MR) is 76.4 cm³/mol. The molecule has 0 aliphatic carbocycles. The van der Waals surface area contributed by atoms with E-state index in [9.17, 15) is 9.59 Å². The van der Waals surface area contributed by atoms with E-state index in [0.29, 0.717) is 30.6 Å². The van der Waals surface area contributed by atoms with Crippen LogP contribution in [0.5, 0.6) is 5.75 Å². The molecule has 1 fully saturated rings. The molecule has 0 spiro atoms. The summed E-state index contributed by atoms with van der Waals surface area (Å²) in [6.07, 6.45) is 1.46. The molecule has 21 heavy (non-hydrogen) atoms. The second kappa shape index (κ2) is 6.91. The Labute approximate surface area is 123 Å². The number of rotatable bonds is 3. The Morgan fingerprint density at radius 2 is 2.00 bits per heavy atom. The molecule has 0 saturated carbocycles. The number of methoxy groups -OCH3 is 1. The van der Waals surface area contributed by atoms with Crippen LogP contribution >= 0.6 is 0 Å². The number of ether oxygens (including phenoxy) is 1. The van der Waals surface area contributed by atoms with Crippen LogP contribution in [0.2, 0.25) is 0 Å². The molecule has 0 atom stereocenters. The Morgan fingerprint density at radius 3 is 2.62 bits per heavy atom. The predicted octanol–water partition coefficient (Wildman–Crippen LogP) is 1.08. The summed E-state index contributed by atoms with van der Waals surface area (Å²) in [5, 5.41) is 8.78. The van der Waals surface area contributed by atoms with Gasteiger partial charge < -0.3 is 9.84 Å². The number of hydrogen-bond acceptors (Lipinski definition) is 4. The van der Waals surface area contributed by atoms with Crippen molar-refractivity contribution < 1.29 is 19.4 Å². The van der Waals surface area contributed by atoms with Crippen LogP contribution in [0.3, 0.4) is 0 Å². The number of imide groups is 1. The molecule has 0 bridgehead atoms. The highest BCUT2D eigenvalue weighted by atomic mass is 16.5. The molecule has 2 rings (SSSR count). The van der Waals surface area contributed by atoms with Gasteiger partial charge in [0.1, 0.15) is 12.4 Å². The average molecular weight is 287 g/mol. The molecule has 1 aromatic carbocycles. The third-order valence-corrected chi connectivity index (χ3v) is 3.29. The molecular formula is C16H17NO4. The van der Waals surface area contributed by atoms with Gasteiger partial charge in [0.25, 0.3) is 0 Å². The molecule has 1 heterocycles. The molecule has 0 aromatic heterocycles. The molecule has 1 N–H and O–H groups in total. The van der Waals surface area contributed by atoms with Gasteiger partial charge in [-0.2, -0.15) is 0 Å². The summed E-state index contributed by atoms with van der Waals surface area (Å²) >= 11 is 0. The number of nitrogens with zero attached hydrogens (tertiary/aromatic N) is 1. The lowest BCUT2D eigenvalue weighted by molar-refractivity contribution is -0.148. The van der Waals surface area contributed by atoms with Crippen LogP contribution in [0, 0.1) is 11.8 Å². The summed E-state index contributed by atoms with van der Waals surface area (Å²) in [4.78, 5) is 24.9. The van der Waals surface area contributed by atoms with E-state index in [0.717, 1.165) is 5.56 Å². The third kappa shape index (κ3) is 3.61. The number of piperidine rings is 1. The Morgan fingerprint density at radius 1 is 1.29 bits per heavy atom. The van der Waals surface area contributed by atoms with Crippen molar-refractivity contribution in [3.63, 3.8) is 0 Å². The number of aliphatic hydroxyl groups is 1. The standard InChI is InChI=1S/C16H17NO4/c1-21-14-8-7-12(10-13(14)4-3-9-18)11-17-15(19)5-2-6-16(17)20/h7-8,10,18H,2,5-6,9,11H2,1H3. The highest BCUT2D eigenvalue weighted by Gasteiger charge is 2.25. The van der Waals surface area contributed by atoms with E-state index < -0.39 is 0 Å². The first-order valence-electron chi connectivity index (χ1n) is 6.75. The zero-order valence-corrected chi connectivity index (χ0v) is 11.9. The van der Waals surface area contributed by atoms with E-state index in [1.807, 2.05) is 0 Å². The number of amides is 2. The fraction of sp³-hybridized carbons (Fsp3) is 0.375. The highest BCUT2D eigenvalue weighted by molar-refractivity contribution is 5.97. The van der Waals surface area contributed by atoms with Gasteiger partial charge in [-0.05, 0) is 24.1 Å². The maximum Gasteiger partial charge on any atom is 0.229 e. The maximum atomic E-state index is 11.8. The van der Waals surface area contributed by atoms with Gasteiger partial charge >= 0.3 is 0 Å². The van der Waals surface area contributed by atoms with Crippen molar-refractivity contribution in [3.05, 3.63) is 29.3 Å². The Balaban J connectivity index is 2.24. The van der Waals surface area contributed by atoms with Crippen molar-refractivity contribution in [3.8, 4) is 17.6 Å². The van der Waals surface area contributed by atoms with Gasteiger partial charge in [0.2, 0.25) is 11.8 Å². The van der Waals surface area contributed by atoms with Gasteiger partial charge in [-0.3, -0.25) is 14.5 Å². The molecule has 1 aliphatic rings. The fourth-order valence-corrected chi connectivity index (χ4v) is 2.24. The normalized spacial score (nSPS) is 14.7. The summed E-state index contributed by atoms with van der Waals surface area (Å²) in [6.45, 7) is 0.00590. The van der Waals surface area contributed by atoms with Gasteiger partial charge in [-0.15, -0.1) is 0 Å². The summed E-state index contributed by atoms with van der Waals surface area (Å²) in [5.74, 6) is 5.69. The van der Waals surface area contributed by atoms with Crippen molar-refractivity contribution in [2.24, 2.45) is 0 Å². The number of likely N-dealkylation sites (tertiary alicyclic amines) is 1. The zero-order chi connectivity index (χ0) is 15.2. The average Bonchev–Trinajstić information content (AvgIpc) is 2.49. The third-order valence-electron chi connectivity index (χ3n) is 3.29. The smallest absolute Gasteiger partial charge is 0.229 e. The summed E-state index contributed by atoms with van der Waals surface area (Å²) in [7, 11) is 1.54. The number of carbonyl (C=O) groups excluding carboxylic acids is 2. The second-order valence-corrected chi connectivity index (χ2v) is 4.72. The van der Waals surface area contributed by atoms with Gasteiger partial charge in [-0.1, -0.05) is 17.9 Å². The van der Waals surface area contributed by atoms with E-state index in [1.54, 1.807) is 18.2 Å². The van der Waals surface area contributed by atoms with Crippen LogP contribution in [0.25, 0.3) is 0 Å². The van der Waals surface area contributed by atoms with Crippen molar-refractivity contribution in [2.75, 3.05) is 13.7 Å². The molecule has 1 aromatic rings. The molecule has 0 radical (unpaired) electrons. The van der Waals surface area contributed by atoms with Crippen LogP contribution in [0.4, 0.5) is 0 Å². The van der Waals surface area contributed by atoms with E-state index in [1.165, 1.54) is 12.0 Å². The monoisotopic (exact) mass is 287 g/mol. The number of aliphatic hydroxyl groups excluding tert-OH is 1. The molecular weight excluding hydrogens is 270 g/mol. The molecule has 5 heteroatoms. The van der Waals surface area contributed by atoms with Crippen LogP contribution in [-0.4, -0.2) is 35.5 Å². The Kier molecular flexibility index (Phi) is 4.96. The lowest BCUT2D eigenvalue weighted by Crippen LogP contribution is -2.39. The summed E-state index contributed by atoms with van der Waals surface area (Å²) in [5.41, 5.74) is 1.43. The minimum atomic E-state index is -0.240. The largest absolute Gasteiger partial charge is 0.495 e. The van der Waals surface area contributed by atoms with Gasteiger partial charge in [0, 0.05) is 12.8 Å². The van der Waals surface area contributed by atoms with Crippen LogP contribution < -0.4 is 4.74 Å². The van der Waals surface area contributed by atoms with Gasteiger partial charge in [0.15, 0.2) is 0 Å². The van der Waals surface area contributed by atoms with Crippen molar-refractivity contribution >= 4 is 11.8 Å². The van der Waals surface area contributed by atoms with E-state index in [2.05, 4.69) is 11.8 Å². The summed E-state index contributed by atoms with van der Waals surface area (Å²) < 4.78 is 5.20. The van der Waals surface area contributed by atoms with E-state index in [4.69, 9.17) is 9.84 Å². The molecule has 1 saturated heterocycles. The van der Waals surface area contributed by atoms with Gasteiger partial charge in [0.05, 0.1) is 19.2 Å². The van der Waals surface area contributed by atoms with Gasteiger partial charge in [-0.25, -0.2) is 0 Å². The molecule has 1 aliphatic heterocycles. The van der Waals surface area contributed by atoms with Crippen LogP contribution in [0.15, 0.2) is 18.2 Å². The van der Waals surface area contributed by atoms with Crippen LogP contribution in [-0.2, 0) is 16.1 Å². The van der Waals surface area contributed by atoms with E-state index >= 15 is 0 Å². The maximum absolute atomic E-state index is 11.8. The molecule has 110 valence electrons. The first-order valence-corrected chi connectivity index (χ1v) is 6.75. The fourth-order valence-electron chi connectivity index (χ4n) is 2.24. The molecule has 2 amide bonds. The highest BCUT2D eigenvalue weighted by Crippen LogP contribution is 2.21. The zero-order valence-electron chi connectivity index (χ0n) is 11.9. The SMILES string of the molecule is COc1ccc(CN2C(=O)CCCC2=O)cc1C#CCO. The first kappa shape index (κ1) is 15.1. The number of hydrogen-bond donors (Lipinski definition) is 1. The quantitative estimate of drug-likeness (QED) is 0.667. The summed E-state index contributed by atoms with van der Waals surface area (Å²) in [6, 6.07) is 5.32. The topological polar surface area (TPSA) is 66.8 Å². The molecule has 0 unspecified atom stereocenters. The van der Waals surface area contributed by atoms with E-state index in [-0.39, 0.29) is 25.0 Å². The second-order valence-electron chi connectivity index (χ2n) is 4.72. The Hall–Kier alpha value is -2.32. The van der Waals surface area contributed by atoms with Crippen LogP contribution in [0.1, 0.15) is 30.4 Å². The minimum Gasteiger partial charge on any atom is -0.495 e. The first-order chi connectivity index (χ1) is 10.2. The lowest BCUT2D eigenvalue weighted by atomic mass is 10.1. The van der Waals surface area contributed by atoms with Crippen molar-refractivity contribution in [2.45, 2.75) is 25.8 Å². The minimum absolute atomic E-state index is 0.134. The van der Waals surface area contributed by atoms with Crippen molar-refractivity contribution in [1.29, 1.82) is 0 Å².